The van der Waals surface area contributed by atoms with Crippen molar-refractivity contribution >= 4 is 17.3 Å². The molecule has 1 aliphatic heterocycles. The van der Waals surface area contributed by atoms with Crippen LogP contribution in [0.4, 0.5) is 5.69 Å². The van der Waals surface area contributed by atoms with Gasteiger partial charge in [0.25, 0.3) is 5.69 Å². The van der Waals surface area contributed by atoms with Crippen molar-refractivity contribution in [1.29, 1.82) is 0 Å². The van der Waals surface area contributed by atoms with Crippen LogP contribution < -0.4 is 4.74 Å². The predicted octanol–water partition coefficient (Wildman–Crippen LogP) is 3.73. The number of nitro groups is 1. The summed E-state index contributed by atoms with van der Waals surface area (Å²) in [6.07, 6.45) is 5.01. The molecule has 2 aliphatic rings. The average Bonchev–Trinajstić information content (AvgIpc) is 2.39. The number of halogens is 1. The zero-order valence-corrected chi connectivity index (χ0v) is 11.8. The molecule has 1 spiro atoms. The fourth-order valence-electron chi connectivity index (χ4n) is 2.88. The Labute approximate surface area is 122 Å². The molecule has 0 bridgehead atoms. The minimum absolute atomic E-state index is 0.00480. The van der Waals surface area contributed by atoms with Crippen molar-refractivity contribution in [3.63, 3.8) is 0 Å². The van der Waals surface area contributed by atoms with E-state index in [4.69, 9.17) is 21.1 Å². The molecule has 0 radical (unpaired) electrons. The number of rotatable bonds is 3. The van der Waals surface area contributed by atoms with E-state index in [0.717, 1.165) is 25.7 Å². The zero-order valence-electron chi connectivity index (χ0n) is 11.0. The molecule has 1 aliphatic carbocycles. The summed E-state index contributed by atoms with van der Waals surface area (Å²) >= 11 is 6.06. The fourth-order valence-corrected chi connectivity index (χ4v) is 3.04. The van der Waals surface area contributed by atoms with Gasteiger partial charge < -0.3 is 9.47 Å². The summed E-state index contributed by atoms with van der Waals surface area (Å²) in [7, 11) is 0. The van der Waals surface area contributed by atoms with E-state index in [1.165, 1.54) is 24.6 Å². The SMILES string of the molecule is O=[N+]([O-])c1ccc(Cl)c(OC2CCOC3(CCC3)C2)c1. The molecule has 20 heavy (non-hydrogen) atoms. The van der Waals surface area contributed by atoms with Crippen molar-refractivity contribution in [2.75, 3.05) is 6.61 Å². The molecule has 3 rings (SSSR count). The summed E-state index contributed by atoms with van der Waals surface area (Å²) in [5.41, 5.74) is -0.0226. The molecule has 1 aromatic rings. The van der Waals surface area contributed by atoms with Crippen molar-refractivity contribution in [2.45, 2.75) is 43.8 Å². The summed E-state index contributed by atoms with van der Waals surface area (Å²) in [4.78, 5) is 10.4. The Morgan fingerprint density at radius 2 is 2.25 bits per heavy atom. The normalized spacial score (nSPS) is 24.1. The molecule has 0 N–H and O–H groups in total. The number of benzene rings is 1. The lowest BCUT2D eigenvalue weighted by Crippen LogP contribution is -2.48. The minimum atomic E-state index is -0.444. The average molecular weight is 298 g/mol. The molecule has 1 saturated heterocycles. The van der Waals surface area contributed by atoms with Crippen LogP contribution in [0.1, 0.15) is 32.1 Å². The third kappa shape index (κ3) is 2.60. The minimum Gasteiger partial charge on any atom is -0.488 e. The van der Waals surface area contributed by atoms with Crippen LogP contribution in [0.2, 0.25) is 5.02 Å². The zero-order chi connectivity index (χ0) is 14.2. The third-order valence-electron chi connectivity index (χ3n) is 4.13. The van der Waals surface area contributed by atoms with Crippen molar-refractivity contribution in [1.82, 2.24) is 0 Å². The lowest BCUT2D eigenvalue weighted by Gasteiger charge is -2.46. The van der Waals surface area contributed by atoms with Gasteiger partial charge in [0.2, 0.25) is 0 Å². The van der Waals surface area contributed by atoms with E-state index in [1.54, 1.807) is 0 Å². The highest BCUT2D eigenvalue weighted by Crippen LogP contribution is 2.43. The Bertz CT molecular complexity index is 530. The van der Waals surface area contributed by atoms with E-state index in [9.17, 15) is 10.1 Å². The van der Waals surface area contributed by atoms with E-state index in [-0.39, 0.29) is 17.4 Å². The standard InChI is InChI=1S/C14H16ClNO4/c15-12-3-2-10(16(17)18)8-13(12)20-11-4-7-19-14(9-11)5-1-6-14/h2-3,8,11H,1,4-7,9H2. The molecule has 0 amide bonds. The molecule has 0 aromatic heterocycles. The first-order valence-corrected chi connectivity index (χ1v) is 7.20. The van der Waals surface area contributed by atoms with Crippen LogP contribution in [0, 0.1) is 10.1 Å². The number of nitrogens with zero attached hydrogens (tertiary/aromatic N) is 1. The van der Waals surface area contributed by atoms with E-state index in [1.807, 2.05) is 0 Å². The second-order valence-corrected chi connectivity index (χ2v) is 5.90. The summed E-state index contributed by atoms with van der Waals surface area (Å²) in [5, 5.41) is 11.2. The molecular formula is C14H16ClNO4. The summed E-state index contributed by atoms with van der Waals surface area (Å²) in [6.45, 7) is 0.678. The monoisotopic (exact) mass is 297 g/mol. The number of ether oxygens (including phenoxy) is 2. The molecular weight excluding hydrogens is 282 g/mol. The van der Waals surface area contributed by atoms with Crippen LogP contribution in [-0.4, -0.2) is 23.2 Å². The molecule has 108 valence electrons. The fraction of sp³-hybridized carbons (Fsp3) is 0.571. The van der Waals surface area contributed by atoms with Gasteiger partial charge in [-0.25, -0.2) is 0 Å². The number of hydrogen-bond donors (Lipinski definition) is 0. The van der Waals surface area contributed by atoms with Gasteiger partial charge in [-0.1, -0.05) is 11.6 Å². The summed E-state index contributed by atoms with van der Waals surface area (Å²) in [5.74, 6) is 0.391. The Kier molecular flexibility index (Phi) is 3.56. The summed E-state index contributed by atoms with van der Waals surface area (Å²) in [6, 6.07) is 4.28. The van der Waals surface area contributed by atoms with Crippen molar-refractivity contribution in [2.24, 2.45) is 0 Å². The van der Waals surface area contributed by atoms with Crippen LogP contribution in [0.15, 0.2) is 18.2 Å². The highest BCUT2D eigenvalue weighted by molar-refractivity contribution is 6.32. The van der Waals surface area contributed by atoms with Gasteiger partial charge in [0.15, 0.2) is 0 Å². The molecule has 2 fully saturated rings. The highest BCUT2D eigenvalue weighted by Gasteiger charge is 2.43. The van der Waals surface area contributed by atoms with Crippen LogP contribution in [0.25, 0.3) is 0 Å². The Morgan fingerprint density at radius 3 is 2.90 bits per heavy atom. The van der Waals surface area contributed by atoms with E-state index in [2.05, 4.69) is 0 Å². The number of hydrogen-bond acceptors (Lipinski definition) is 4. The van der Waals surface area contributed by atoms with Crippen LogP contribution >= 0.6 is 11.6 Å². The molecule has 1 aromatic carbocycles. The third-order valence-corrected chi connectivity index (χ3v) is 4.44. The van der Waals surface area contributed by atoms with Gasteiger partial charge >= 0.3 is 0 Å². The van der Waals surface area contributed by atoms with Gasteiger partial charge in [0, 0.05) is 18.9 Å². The predicted molar refractivity (Wildman–Crippen MR) is 74.3 cm³/mol. The molecule has 1 unspecified atom stereocenters. The van der Waals surface area contributed by atoms with Gasteiger partial charge in [-0.2, -0.15) is 0 Å². The maximum absolute atomic E-state index is 10.8. The Balaban J connectivity index is 1.73. The van der Waals surface area contributed by atoms with Crippen molar-refractivity contribution in [3.05, 3.63) is 33.3 Å². The van der Waals surface area contributed by atoms with Crippen molar-refractivity contribution in [3.8, 4) is 5.75 Å². The van der Waals surface area contributed by atoms with Crippen molar-refractivity contribution < 1.29 is 14.4 Å². The summed E-state index contributed by atoms with van der Waals surface area (Å²) < 4.78 is 11.7. The first-order chi connectivity index (χ1) is 9.58. The van der Waals surface area contributed by atoms with E-state index in [0.29, 0.717) is 17.4 Å². The van der Waals surface area contributed by atoms with Crippen LogP contribution in [0.3, 0.4) is 0 Å². The molecule has 5 nitrogen and oxygen atoms in total. The number of non-ortho nitro benzene ring substituents is 1. The maximum Gasteiger partial charge on any atom is 0.273 e. The topological polar surface area (TPSA) is 61.6 Å². The Morgan fingerprint density at radius 1 is 1.45 bits per heavy atom. The second kappa shape index (κ2) is 5.22. The van der Waals surface area contributed by atoms with Gasteiger partial charge in [-0.3, -0.25) is 10.1 Å². The van der Waals surface area contributed by atoms with E-state index >= 15 is 0 Å². The number of nitro benzene ring substituents is 1. The van der Waals surface area contributed by atoms with Gasteiger partial charge in [0.05, 0.1) is 28.2 Å². The quantitative estimate of drug-likeness (QED) is 0.630. The second-order valence-electron chi connectivity index (χ2n) is 5.49. The Hall–Kier alpha value is -1.33. The molecule has 1 saturated carbocycles. The van der Waals surface area contributed by atoms with E-state index < -0.39 is 4.92 Å². The smallest absolute Gasteiger partial charge is 0.273 e. The van der Waals surface area contributed by atoms with Gasteiger partial charge in [0.1, 0.15) is 11.9 Å². The first kappa shape index (κ1) is 13.6. The maximum atomic E-state index is 10.8. The van der Waals surface area contributed by atoms with Crippen LogP contribution in [0.5, 0.6) is 5.75 Å². The molecule has 1 atom stereocenters. The largest absolute Gasteiger partial charge is 0.488 e. The molecule has 1 heterocycles. The van der Waals surface area contributed by atoms with Gasteiger partial charge in [-0.05, 0) is 25.3 Å². The lowest BCUT2D eigenvalue weighted by molar-refractivity contribution is -0.385. The first-order valence-electron chi connectivity index (χ1n) is 6.83. The van der Waals surface area contributed by atoms with Gasteiger partial charge in [-0.15, -0.1) is 0 Å². The van der Waals surface area contributed by atoms with Crippen LogP contribution in [-0.2, 0) is 4.74 Å². The lowest BCUT2D eigenvalue weighted by atomic mass is 9.74. The highest BCUT2D eigenvalue weighted by atomic mass is 35.5. The molecule has 6 heteroatoms.